The number of thioether (sulfide) groups is 1. The van der Waals surface area contributed by atoms with Crippen LogP contribution >= 0.6 is 11.8 Å². The molecule has 1 aliphatic heterocycles. The van der Waals surface area contributed by atoms with Crippen molar-refractivity contribution < 1.29 is 13.2 Å². The normalized spacial score (nSPS) is 15.5. The molecule has 0 saturated carbocycles. The average Bonchev–Trinajstić information content (AvgIpc) is 3.17. The van der Waals surface area contributed by atoms with Crippen LogP contribution in [0.4, 0.5) is 0 Å². The summed E-state index contributed by atoms with van der Waals surface area (Å²) < 4.78 is 35.2. The highest BCUT2D eigenvalue weighted by Crippen LogP contribution is 2.33. The molecule has 0 amide bonds. The van der Waals surface area contributed by atoms with Crippen molar-refractivity contribution in [1.82, 2.24) is 19.1 Å². The number of hydrogen-bond acceptors (Lipinski definition) is 6. The van der Waals surface area contributed by atoms with E-state index in [-0.39, 0.29) is 4.90 Å². The van der Waals surface area contributed by atoms with E-state index in [1.54, 1.807) is 23.9 Å². The summed E-state index contributed by atoms with van der Waals surface area (Å²) in [6.07, 6.45) is 0. The number of hydrogen-bond donors (Lipinski definition) is 0. The van der Waals surface area contributed by atoms with E-state index < -0.39 is 10.0 Å². The molecule has 1 aliphatic rings. The topological polar surface area (TPSA) is 77.3 Å². The van der Waals surface area contributed by atoms with Crippen LogP contribution in [-0.4, -0.2) is 59.0 Å². The summed E-state index contributed by atoms with van der Waals surface area (Å²) in [4.78, 5) is 0.260. The van der Waals surface area contributed by atoms with Crippen molar-refractivity contribution in [3.05, 3.63) is 54.1 Å². The first kappa shape index (κ1) is 22.0. The predicted molar refractivity (Wildman–Crippen MR) is 122 cm³/mol. The molecule has 0 unspecified atom stereocenters. The number of morpholine rings is 1. The van der Waals surface area contributed by atoms with Gasteiger partial charge in [-0.25, -0.2) is 8.42 Å². The number of rotatable bonds is 6. The largest absolute Gasteiger partial charge is 0.379 e. The maximum atomic E-state index is 13.2. The van der Waals surface area contributed by atoms with Gasteiger partial charge in [0.2, 0.25) is 10.0 Å². The fraction of sp³-hybridized carbons (Fsp3) is 0.364. The highest BCUT2D eigenvalue weighted by molar-refractivity contribution is 7.99. The molecule has 0 bridgehead atoms. The Morgan fingerprint density at radius 2 is 1.74 bits per heavy atom. The van der Waals surface area contributed by atoms with Crippen molar-refractivity contribution in [3.63, 3.8) is 0 Å². The van der Waals surface area contributed by atoms with E-state index in [4.69, 9.17) is 4.74 Å². The molecule has 164 valence electrons. The molecule has 3 aromatic rings. The molecule has 7 nitrogen and oxygen atoms in total. The van der Waals surface area contributed by atoms with E-state index in [0.29, 0.717) is 37.4 Å². The molecular weight excluding hydrogens is 432 g/mol. The van der Waals surface area contributed by atoms with Gasteiger partial charge in [0, 0.05) is 29.6 Å². The fourth-order valence-corrected chi connectivity index (χ4v) is 5.72. The lowest BCUT2D eigenvalue weighted by molar-refractivity contribution is 0.0730. The summed E-state index contributed by atoms with van der Waals surface area (Å²) >= 11 is 1.62. The Balaban J connectivity index is 1.83. The van der Waals surface area contributed by atoms with E-state index in [9.17, 15) is 8.42 Å². The minimum absolute atomic E-state index is 0.260. The van der Waals surface area contributed by atoms with Crippen LogP contribution in [0.3, 0.4) is 0 Å². The van der Waals surface area contributed by atoms with E-state index in [2.05, 4.69) is 24.0 Å². The SMILES string of the molecule is Cc1ccc(S(=O)(=O)N2CCOCC2)cc1-c1nnc(SC(C)C)n1-c1ccccc1. The standard InChI is InChI=1S/C22H26N4O3S2/c1-16(2)30-22-24-23-21(26(22)18-7-5-4-6-8-18)20-15-19(10-9-17(20)3)31(27,28)25-11-13-29-14-12-25/h4-10,15-16H,11-14H2,1-3H3. The zero-order valence-electron chi connectivity index (χ0n) is 17.9. The Morgan fingerprint density at radius 1 is 1.03 bits per heavy atom. The highest BCUT2D eigenvalue weighted by Gasteiger charge is 2.28. The zero-order valence-corrected chi connectivity index (χ0v) is 19.5. The first-order valence-electron chi connectivity index (χ1n) is 10.2. The molecular formula is C22H26N4O3S2. The maximum Gasteiger partial charge on any atom is 0.243 e. The third-order valence-electron chi connectivity index (χ3n) is 5.05. The number of ether oxygens (including phenoxy) is 1. The lowest BCUT2D eigenvalue weighted by atomic mass is 10.1. The Kier molecular flexibility index (Phi) is 6.47. The number of nitrogens with zero attached hydrogens (tertiary/aromatic N) is 4. The Hall–Kier alpha value is -2.20. The van der Waals surface area contributed by atoms with Gasteiger partial charge >= 0.3 is 0 Å². The van der Waals surface area contributed by atoms with Gasteiger partial charge < -0.3 is 4.74 Å². The van der Waals surface area contributed by atoms with Crippen LogP contribution in [0.2, 0.25) is 0 Å². The minimum atomic E-state index is -3.61. The summed E-state index contributed by atoms with van der Waals surface area (Å²) in [5.41, 5.74) is 2.62. The van der Waals surface area contributed by atoms with Crippen molar-refractivity contribution in [2.45, 2.75) is 36.1 Å². The molecule has 0 N–H and O–H groups in total. The molecule has 2 heterocycles. The Labute approximate surface area is 187 Å². The van der Waals surface area contributed by atoms with Gasteiger partial charge in [-0.2, -0.15) is 4.31 Å². The second kappa shape index (κ2) is 9.12. The van der Waals surface area contributed by atoms with Crippen molar-refractivity contribution in [2.75, 3.05) is 26.3 Å². The molecule has 1 fully saturated rings. The van der Waals surface area contributed by atoms with E-state index in [1.165, 1.54) is 4.31 Å². The summed E-state index contributed by atoms with van der Waals surface area (Å²) in [6.45, 7) is 7.72. The Morgan fingerprint density at radius 3 is 2.42 bits per heavy atom. The number of aryl methyl sites for hydroxylation is 1. The lowest BCUT2D eigenvalue weighted by Crippen LogP contribution is -2.40. The van der Waals surface area contributed by atoms with Gasteiger partial charge in [-0.3, -0.25) is 4.57 Å². The van der Waals surface area contributed by atoms with Crippen LogP contribution in [0.15, 0.2) is 58.6 Å². The first-order chi connectivity index (χ1) is 14.9. The molecule has 0 radical (unpaired) electrons. The van der Waals surface area contributed by atoms with Gasteiger partial charge in [0.15, 0.2) is 11.0 Å². The second-order valence-corrected chi connectivity index (χ2v) is 11.1. The smallest absolute Gasteiger partial charge is 0.243 e. The van der Waals surface area contributed by atoms with Gasteiger partial charge in [0.25, 0.3) is 0 Å². The van der Waals surface area contributed by atoms with E-state index >= 15 is 0 Å². The van der Waals surface area contributed by atoms with Gasteiger partial charge in [-0.05, 0) is 36.8 Å². The molecule has 4 rings (SSSR count). The number of aromatic nitrogens is 3. The van der Waals surface area contributed by atoms with E-state index in [1.807, 2.05) is 47.9 Å². The van der Waals surface area contributed by atoms with Gasteiger partial charge in [0.1, 0.15) is 0 Å². The van der Waals surface area contributed by atoms with Gasteiger partial charge in [-0.1, -0.05) is 49.9 Å². The summed E-state index contributed by atoms with van der Waals surface area (Å²) in [5, 5.41) is 10.0. The van der Waals surface area contributed by atoms with Crippen LogP contribution in [0.5, 0.6) is 0 Å². The van der Waals surface area contributed by atoms with Crippen molar-refractivity contribution >= 4 is 21.8 Å². The molecule has 2 aromatic carbocycles. The van der Waals surface area contributed by atoms with Crippen LogP contribution in [-0.2, 0) is 14.8 Å². The molecule has 31 heavy (non-hydrogen) atoms. The molecule has 0 aliphatic carbocycles. The first-order valence-corrected chi connectivity index (χ1v) is 12.6. The predicted octanol–water partition coefficient (Wildman–Crippen LogP) is 3.76. The van der Waals surface area contributed by atoms with Crippen LogP contribution in [0.1, 0.15) is 19.4 Å². The monoisotopic (exact) mass is 458 g/mol. The molecule has 1 saturated heterocycles. The minimum Gasteiger partial charge on any atom is -0.379 e. The summed E-state index contributed by atoms with van der Waals surface area (Å²) in [6, 6.07) is 15.1. The average molecular weight is 459 g/mol. The highest BCUT2D eigenvalue weighted by atomic mass is 32.2. The molecule has 0 spiro atoms. The van der Waals surface area contributed by atoms with Crippen molar-refractivity contribution in [1.29, 1.82) is 0 Å². The molecule has 9 heteroatoms. The fourth-order valence-electron chi connectivity index (χ4n) is 3.48. The second-order valence-electron chi connectivity index (χ2n) is 7.64. The number of benzene rings is 2. The quantitative estimate of drug-likeness (QED) is 0.524. The summed E-state index contributed by atoms with van der Waals surface area (Å²) in [7, 11) is -3.61. The van der Waals surface area contributed by atoms with Crippen LogP contribution in [0.25, 0.3) is 17.1 Å². The maximum absolute atomic E-state index is 13.2. The number of sulfonamides is 1. The third-order valence-corrected chi connectivity index (χ3v) is 7.89. The molecule has 0 atom stereocenters. The van der Waals surface area contributed by atoms with Gasteiger partial charge in [-0.15, -0.1) is 10.2 Å². The lowest BCUT2D eigenvalue weighted by Gasteiger charge is -2.26. The van der Waals surface area contributed by atoms with Crippen molar-refractivity contribution in [2.24, 2.45) is 0 Å². The van der Waals surface area contributed by atoms with Gasteiger partial charge in [0.05, 0.1) is 18.1 Å². The third kappa shape index (κ3) is 4.55. The van der Waals surface area contributed by atoms with Crippen LogP contribution < -0.4 is 0 Å². The van der Waals surface area contributed by atoms with Crippen molar-refractivity contribution in [3.8, 4) is 17.1 Å². The van der Waals surface area contributed by atoms with Crippen LogP contribution in [0, 0.1) is 6.92 Å². The summed E-state index contributed by atoms with van der Waals surface area (Å²) in [5.74, 6) is 0.630. The van der Waals surface area contributed by atoms with E-state index in [0.717, 1.165) is 22.0 Å². The number of para-hydroxylation sites is 1. The zero-order chi connectivity index (χ0) is 22.0. The molecule has 1 aromatic heterocycles. The Bertz CT molecular complexity index is 1150.